The van der Waals surface area contributed by atoms with E-state index in [1.807, 2.05) is 0 Å². The first kappa shape index (κ1) is 12.9. The maximum absolute atomic E-state index is 10.3. The van der Waals surface area contributed by atoms with Gasteiger partial charge in [-0.2, -0.15) is 0 Å². The molecule has 90 valence electrons. The second-order valence-corrected chi connectivity index (χ2v) is 4.56. The maximum Gasteiger partial charge on any atom is 0.0892 e. The van der Waals surface area contributed by atoms with Crippen molar-refractivity contribution in [2.45, 2.75) is 45.1 Å². The number of rotatable bonds is 5. The lowest BCUT2D eigenvalue weighted by atomic mass is 9.96. The molecule has 0 spiro atoms. The summed E-state index contributed by atoms with van der Waals surface area (Å²) >= 11 is 0. The van der Waals surface area contributed by atoms with Crippen LogP contribution in [0.4, 0.5) is 0 Å². The Morgan fingerprint density at radius 3 is 2.73 bits per heavy atom. The summed E-state index contributed by atoms with van der Waals surface area (Å²) in [6, 6.07) is 0. The molecule has 3 heteroatoms. The molecule has 0 amide bonds. The molecule has 1 heterocycles. The fourth-order valence-corrected chi connectivity index (χ4v) is 2.10. The molecule has 1 saturated heterocycles. The molecule has 1 rings (SSSR count). The Balaban J connectivity index is 2.33. The zero-order valence-electron chi connectivity index (χ0n) is 10.2. The van der Waals surface area contributed by atoms with Gasteiger partial charge in [-0.25, -0.2) is 0 Å². The Labute approximate surface area is 93.4 Å². The number of ether oxygens (including phenoxy) is 1. The van der Waals surface area contributed by atoms with Crippen LogP contribution in [0.5, 0.6) is 0 Å². The number of likely N-dealkylation sites (tertiary alicyclic amines) is 1. The van der Waals surface area contributed by atoms with Crippen LogP contribution in [0.3, 0.4) is 0 Å². The van der Waals surface area contributed by atoms with Gasteiger partial charge < -0.3 is 14.7 Å². The van der Waals surface area contributed by atoms with E-state index >= 15 is 0 Å². The Hall–Kier alpha value is -0.120. The first-order valence-electron chi connectivity index (χ1n) is 6.22. The summed E-state index contributed by atoms with van der Waals surface area (Å²) in [6.45, 7) is 8.76. The number of hydrogen-bond acceptors (Lipinski definition) is 3. The lowest BCUT2D eigenvalue weighted by Gasteiger charge is -2.26. The Bertz CT molecular complexity index is 175. The molecule has 1 atom stereocenters. The van der Waals surface area contributed by atoms with Crippen LogP contribution in [-0.4, -0.2) is 48.5 Å². The average Bonchev–Trinajstić information content (AvgIpc) is 2.41. The van der Waals surface area contributed by atoms with E-state index in [1.54, 1.807) is 0 Å². The minimum absolute atomic E-state index is 0.512. The van der Waals surface area contributed by atoms with Crippen molar-refractivity contribution in [1.82, 2.24) is 4.90 Å². The topological polar surface area (TPSA) is 32.7 Å². The van der Waals surface area contributed by atoms with Gasteiger partial charge in [-0.1, -0.05) is 13.8 Å². The highest BCUT2D eigenvalue weighted by atomic mass is 16.5. The fourth-order valence-electron chi connectivity index (χ4n) is 2.10. The van der Waals surface area contributed by atoms with Gasteiger partial charge in [-0.3, -0.25) is 0 Å². The van der Waals surface area contributed by atoms with Crippen LogP contribution in [0, 0.1) is 0 Å². The summed E-state index contributed by atoms with van der Waals surface area (Å²) in [5, 5.41) is 10.3. The Morgan fingerprint density at radius 2 is 2.07 bits per heavy atom. The summed E-state index contributed by atoms with van der Waals surface area (Å²) < 4.78 is 5.48. The minimum atomic E-state index is -0.570. The highest BCUT2D eigenvalue weighted by molar-refractivity contribution is 4.83. The van der Waals surface area contributed by atoms with Gasteiger partial charge in [-0.15, -0.1) is 0 Å². The van der Waals surface area contributed by atoms with E-state index in [9.17, 15) is 5.11 Å². The number of aliphatic hydroxyl groups is 1. The van der Waals surface area contributed by atoms with Crippen molar-refractivity contribution in [3.05, 3.63) is 0 Å². The first-order valence-corrected chi connectivity index (χ1v) is 6.22. The maximum atomic E-state index is 10.3. The van der Waals surface area contributed by atoms with Gasteiger partial charge in [0.15, 0.2) is 0 Å². The van der Waals surface area contributed by atoms with Crippen molar-refractivity contribution in [1.29, 1.82) is 0 Å². The highest BCUT2D eigenvalue weighted by Gasteiger charge is 2.29. The summed E-state index contributed by atoms with van der Waals surface area (Å²) in [5.41, 5.74) is -0.570. The second-order valence-electron chi connectivity index (χ2n) is 4.56. The molecule has 0 aromatic heterocycles. The molecule has 1 aliphatic heterocycles. The van der Waals surface area contributed by atoms with Crippen LogP contribution in [0.25, 0.3) is 0 Å². The molecule has 1 unspecified atom stereocenters. The number of hydrogen-bond donors (Lipinski definition) is 1. The predicted octanol–water partition coefficient (Wildman–Crippen LogP) is 1.65. The third-order valence-electron chi connectivity index (χ3n) is 3.18. The lowest BCUT2D eigenvalue weighted by molar-refractivity contribution is -0.0547. The molecule has 0 saturated carbocycles. The van der Waals surface area contributed by atoms with E-state index in [4.69, 9.17) is 4.74 Å². The van der Waals surface area contributed by atoms with Crippen LogP contribution in [-0.2, 0) is 4.74 Å². The van der Waals surface area contributed by atoms with E-state index in [0.29, 0.717) is 6.61 Å². The van der Waals surface area contributed by atoms with Crippen molar-refractivity contribution >= 4 is 0 Å². The molecule has 0 radical (unpaired) electrons. The SMILES string of the molecule is CCCOCC1(O)CCCN(CC)CC1. The van der Waals surface area contributed by atoms with Crippen LogP contribution < -0.4 is 0 Å². The zero-order chi connectivity index (χ0) is 11.1. The summed E-state index contributed by atoms with van der Waals surface area (Å²) in [7, 11) is 0. The molecule has 1 fully saturated rings. The summed E-state index contributed by atoms with van der Waals surface area (Å²) in [6.07, 6.45) is 3.84. The summed E-state index contributed by atoms with van der Waals surface area (Å²) in [5.74, 6) is 0. The third kappa shape index (κ3) is 4.49. The molecule has 15 heavy (non-hydrogen) atoms. The third-order valence-corrected chi connectivity index (χ3v) is 3.18. The van der Waals surface area contributed by atoms with Crippen molar-refractivity contribution in [3.8, 4) is 0 Å². The average molecular weight is 215 g/mol. The van der Waals surface area contributed by atoms with Crippen molar-refractivity contribution in [2.75, 3.05) is 32.8 Å². The van der Waals surface area contributed by atoms with Gasteiger partial charge in [0.2, 0.25) is 0 Å². The van der Waals surface area contributed by atoms with Crippen LogP contribution in [0.1, 0.15) is 39.5 Å². The van der Waals surface area contributed by atoms with E-state index in [0.717, 1.165) is 51.9 Å². The fraction of sp³-hybridized carbons (Fsp3) is 1.00. The van der Waals surface area contributed by atoms with Gasteiger partial charge >= 0.3 is 0 Å². The first-order chi connectivity index (χ1) is 7.20. The van der Waals surface area contributed by atoms with Crippen LogP contribution >= 0.6 is 0 Å². The normalized spacial score (nSPS) is 29.0. The second kappa shape index (κ2) is 6.46. The van der Waals surface area contributed by atoms with Gasteiger partial charge in [0.1, 0.15) is 0 Å². The summed E-state index contributed by atoms with van der Waals surface area (Å²) in [4.78, 5) is 2.40. The standard InChI is InChI=1S/C12H25NO2/c1-3-10-15-11-12(14)6-5-8-13(4-2)9-7-12/h14H,3-11H2,1-2H3. The van der Waals surface area contributed by atoms with Crippen LogP contribution in [0.15, 0.2) is 0 Å². The zero-order valence-corrected chi connectivity index (χ0v) is 10.2. The van der Waals surface area contributed by atoms with E-state index in [2.05, 4.69) is 18.7 Å². The van der Waals surface area contributed by atoms with E-state index in [1.165, 1.54) is 0 Å². The van der Waals surface area contributed by atoms with Crippen molar-refractivity contribution in [3.63, 3.8) is 0 Å². The molecular formula is C12H25NO2. The molecule has 0 aliphatic carbocycles. The highest BCUT2D eigenvalue weighted by Crippen LogP contribution is 2.22. The van der Waals surface area contributed by atoms with E-state index in [-0.39, 0.29) is 0 Å². The number of nitrogens with zero attached hydrogens (tertiary/aromatic N) is 1. The van der Waals surface area contributed by atoms with Gasteiger partial charge in [0, 0.05) is 13.2 Å². The Morgan fingerprint density at radius 1 is 1.27 bits per heavy atom. The molecule has 1 aliphatic rings. The molecule has 0 bridgehead atoms. The smallest absolute Gasteiger partial charge is 0.0892 e. The Kier molecular flexibility index (Phi) is 5.58. The molecule has 0 aromatic rings. The predicted molar refractivity (Wildman–Crippen MR) is 62.0 cm³/mol. The van der Waals surface area contributed by atoms with Gasteiger partial charge in [-0.05, 0) is 38.8 Å². The van der Waals surface area contributed by atoms with Crippen LogP contribution in [0.2, 0.25) is 0 Å². The monoisotopic (exact) mass is 215 g/mol. The van der Waals surface area contributed by atoms with Gasteiger partial charge in [0.25, 0.3) is 0 Å². The minimum Gasteiger partial charge on any atom is -0.387 e. The largest absolute Gasteiger partial charge is 0.387 e. The quantitative estimate of drug-likeness (QED) is 0.708. The lowest BCUT2D eigenvalue weighted by Crippen LogP contribution is -2.36. The molecule has 3 nitrogen and oxygen atoms in total. The molecule has 1 N–H and O–H groups in total. The molecular weight excluding hydrogens is 190 g/mol. The molecule has 0 aromatic carbocycles. The van der Waals surface area contributed by atoms with Gasteiger partial charge in [0.05, 0.1) is 12.2 Å². The van der Waals surface area contributed by atoms with Crippen molar-refractivity contribution < 1.29 is 9.84 Å². The van der Waals surface area contributed by atoms with E-state index < -0.39 is 5.60 Å². The van der Waals surface area contributed by atoms with Crippen molar-refractivity contribution in [2.24, 2.45) is 0 Å².